The van der Waals surface area contributed by atoms with Gasteiger partial charge < -0.3 is 15.4 Å². The van der Waals surface area contributed by atoms with Crippen molar-refractivity contribution < 1.29 is 4.74 Å². The summed E-state index contributed by atoms with van der Waals surface area (Å²) in [5.41, 5.74) is 8.02. The maximum absolute atomic E-state index is 5.92. The average molecular weight is 277 g/mol. The molecule has 0 radical (unpaired) electrons. The van der Waals surface area contributed by atoms with Gasteiger partial charge in [0.15, 0.2) is 0 Å². The number of aryl methyl sites for hydroxylation is 1. The smallest absolute Gasteiger partial charge is 0.133 e. The second-order valence-electron chi connectivity index (χ2n) is 5.55. The van der Waals surface area contributed by atoms with Crippen molar-refractivity contribution in [2.75, 3.05) is 24.6 Å². The predicted octanol–water partition coefficient (Wildman–Crippen LogP) is 2.63. The van der Waals surface area contributed by atoms with Gasteiger partial charge in [-0.05, 0) is 32.3 Å². The van der Waals surface area contributed by atoms with Crippen molar-refractivity contribution in [1.29, 1.82) is 0 Å². The molecule has 1 fully saturated rings. The Morgan fingerprint density at radius 3 is 2.75 bits per heavy atom. The molecule has 0 amide bonds. The van der Waals surface area contributed by atoms with E-state index >= 15 is 0 Å². The van der Waals surface area contributed by atoms with Crippen LogP contribution in [0.3, 0.4) is 0 Å². The molecule has 1 aromatic heterocycles. The molecule has 4 nitrogen and oxygen atoms in total. The van der Waals surface area contributed by atoms with E-state index in [-0.39, 0.29) is 0 Å². The summed E-state index contributed by atoms with van der Waals surface area (Å²) in [7, 11) is 0. The number of aromatic nitrogens is 1. The molecule has 4 heteroatoms. The van der Waals surface area contributed by atoms with Crippen molar-refractivity contribution in [2.45, 2.75) is 52.2 Å². The van der Waals surface area contributed by atoms with Crippen LogP contribution in [0.5, 0.6) is 0 Å². The van der Waals surface area contributed by atoms with Crippen molar-refractivity contribution in [3.8, 4) is 0 Å². The van der Waals surface area contributed by atoms with Gasteiger partial charge in [-0.15, -0.1) is 0 Å². The van der Waals surface area contributed by atoms with Crippen LogP contribution in [0.25, 0.3) is 0 Å². The summed E-state index contributed by atoms with van der Waals surface area (Å²) in [5, 5.41) is 0. The number of unbranched alkanes of at least 4 members (excludes halogenated alkanes) is 1. The van der Waals surface area contributed by atoms with Gasteiger partial charge in [0.25, 0.3) is 0 Å². The number of ether oxygens (including phenoxy) is 1. The van der Waals surface area contributed by atoms with Crippen molar-refractivity contribution in [1.82, 2.24) is 4.98 Å². The number of anilines is 1. The maximum Gasteiger partial charge on any atom is 0.133 e. The van der Waals surface area contributed by atoms with Gasteiger partial charge >= 0.3 is 0 Å². The Morgan fingerprint density at radius 1 is 1.35 bits per heavy atom. The van der Waals surface area contributed by atoms with Crippen LogP contribution in [0, 0.1) is 6.92 Å². The second-order valence-corrected chi connectivity index (χ2v) is 5.55. The van der Waals surface area contributed by atoms with E-state index in [0.29, 0.717) is 12.6 Å². The number of pyridine rings is 1. The monoisotopic (exact) mass is 277 g/mol. The minimum absolute atomic E-state index is 0.420. The molecular weight excluding hydrogens is 250 g/mol. The van der Waals surface area contributed by atoms with E-state index < -0.39 is 0 Å². The molecule has 1 aliphatic heterocycles. The Morgan fingerprint density at radius 2 is 2.10 bits per heavy atom. The summed E-state index contributed by atoms with van der Waals surface area (Å²) in [6.07, 6.45) is 4.96. The lowest BCUT2D eigenvalue weighted by Gasteiger charge is -2.34. The SMILES string of the molecule is CCCCOC1CCN(c2nc(C)ccc2CN)CC1. The van der Waals surface area contributed by atoms with Crippen LogP contribution in [-0.4, -0.2) is 30.8 Å². The third-order valence-electron chi connectivity index (χ3n) is 3.91. The van der Waals surface area contributed by atoms with E-state index in [1.807, 2.05) is 13.0 Å². The van der Waals surface area contributed by atoms with Gasteiger partial charge in [-0.3, -0.25) is 0 Å². The van der Waals surface area contributed by atoms with E-state index in [1.165, 1.54) is 6.42 Å². The topological polar surface area (TPSA) is 51.4 Å². The fraction of sp³-hybridized carbons (Fsp3) is 0.688. The lowest BCUT2D eigenvalue weighted by atomic mass is 10.1. The lowest BCUT2D eigenvalue weighted by Crippen LogP contribution is -2.38. The number of nitrogens with two attached hydrogens (primary N) is 1. The zero-order valence-corrected chi connectivity index (χ0v) is 12.8. The standard InChI is InChI=1S/C16H27N3O/c1-3-4-11-20-15-7-9-19(10-8-15)16-14(12-17)6-5-13(2)18-16/h5-6,15H,3-4,7-12,17H2,1-2H3. The first-order valence-corrected chi connectivity index (χ1v) is 7.77. The Kier molecular flexibility index (Phi) is 5.80. The van der Waals surface area contributed by atoms with E-state index in [4.69, 9.17) is 10.5 Å². The fourth-order valence-corrected chi connectivity index (χ4v) is 2.63. The highest BCUT2D eigenvalue weighted by Crippen LogP contribution is 2.23. The van der Waals surface area contributed by atoms with Gasteiger partial charge in [-0.2, -0.15) is 0 Å². The molecule has 2 N–H and O–H groups in total. The highest BCUT2D eigenvalue weighted by Gasteiger charge is 2.22. The minimum atomic E-state index is 0.420. The summed E-state index contributed by atoms with van der Waals surface area (Å²) in [6, 6.07) is 4.13. The molecule has 0 unspecified atom stereocenters. The summed E-state index contributed by atoms with van der Waals surface area (Å²) in [6.45, 7) is 7.71. The molecule has 1 aromatic rings. The van der Waals surface area contributed by atoms with Crippen molar-refractivity contribution in [3.05, 3.63) is 23.4 Å². The first-order chi connectivity index (χ1) is 9.74. The number of hydrogen-bond acceptors (Lipinski definition) is 4. The second kappa shape index (κ2) is 7.60. The largest absolute Gasteiger partial charge is 0.378 e. The van der Waals surface area contributed by atoms with Gasteiger partial charge in [0.2, 0.25) is 0 Å². The molecule has 1 aliphatic rings. The predicted molar refractivity (Wildman–Crippen MR) is 83.0 cm³/mol. The first kappa shape index (κ1) is 15.3. The van der Waals surface area contributed by atoms with E-state index in [1.54, 1.807) is 0 Å². The fourth-order valence-electron chi connectivity index (χ4n) is 2.63. The van der Waals surface area contributed by atoms with Crippen molar-refractivity contribution in [2.24, 2.45) is 5.73 Å². The molecule has 0 bridgehead atoms. The van der Waals surface area contributed by atoms with E-state index in [2.05, 4.69) is 22.9 Å². The highest BCUT2D eigenvalue weighted by atomic mass is 16.5. The van der Waals surface area contributed by atoms with E-state index in [0.717, 1.165) is 56.0 Å². The average Bonchev–Trinajstić information content (AvgIpc) is 2.48. The van der Waals surface area contributed by atoms with Crippen LogP contribution < -0.4 is 10.6 Å². The molecule has 0 saturated carbocycles. The van der Waals surface area contributed by atoms with Crippen molar-refractivity contribution >= 4 is 5.82 Å². The number of rotatable bonds is 6. The van der Waals surface area contributed by atoms with E-state index in [9.17, 15) is 0 Å². The Balaban J connectivity index is 1.91. The van der Waals surface area contributed by atoms with Gasteiger partial charge in [-0.1, -0.05) is 19.4 Å². The van der Waals surface area contributed by atoms with Gasteiger partial charge in [-0.25, -0.2) is 4.98 Å². The molecule has 0 aromatic carbocycles. The van der Waals surface area contributed by atoms with Crippen LogP contribution in [0.2, 0.25) is 0 Å². The summed E-state index contributed by atoms with van der Waals surface area (Å²) in [4.78, 5) is 7.03. The number of piperidine rings is 1. The molecule has 0 spiro atoms. The number of hydrogen-bond donors (Lipinski definition) is 1. The van der Waals surface area contributed by atoms with Crippen LogP contribution in [0.4, 0.5) is 5.82 Å². The first-order valence-electron chi connectivity index (χ1n) is 7.77. The van der Waals surface area contributed by atoms with Gasteiger partial charge in [0.05, 0.1) is 6.10 Å². The minimum Gasteiger partial charge on any atom is -0.378 e. The third-order valence-corrected chi connectivity index (χ3v) is 3.91. The van der Waals surface area contributed by atoms with Crippen molar-refractivity contribution in [3.63, 3.8) is 0 Å². The molecule has 20 heavy (non-hydrogen) atoms. The molecule has 2 rings (SSSR count). The summed E-state index contributed by atoms with van der Waals surface area (Å²) >= 11 is 0. The molecule has 1 saturated heterocycles. The Bertz CT molecular complexity index is 414. The quantitative estimate of drug-likeness (QED) is 0.812. The van der Waals surface area contributed by atoms with Crippen LogP contribution in [0.1, 0.15) is 43.9 Å². The zero-order valence-electron chi connectivity index (χ0n) is 12.8. The molecule has 0 atom stereocenters. The van der Waals surface area contributed by atoms with Gasteiger partial charge in [0.1, 0.15) is 5.82 Å². The Labute approximate surface area is 122 Å². The summed E-state index contributed by atoms with van der Waals surface area (Å²) < 4.78 is 5.92. The zero-order chi connectivity index (χ0) is 14.4. The number of nitrogens with zero attached hydrogens (tertiary/aromatic N) is 2. The van der Waals surface area contributed by atoms with Crippen LogP contribution in [-0.2, 0) is 11.3 Å². The lowest BCUT2D eigenvalue weighted by molar-refractivity contribution is 0.0353. The summed E-state index contributed by atoms with van der Waals surface area (Å²) in [5.74, 6) is 1.07. The molecule has 112 valence electrons. The maximum atomic E-state index is 5.92. The van der Waals surface area contributed by atoms with Gasteiger partial charge in [0, 0.05) is 37.5 Å². The molecule has 0 aliphatic carbocycles. The Hall–Kier alpha value is -1.13. The molecular formula is C16H27N3O. The van der Waals surface area contributed by atoms with Crippen LogP contribution in [0.15, 0.2) is 12.1 Å². The molecule has 2 heterocycles. The normalized spacial score (nSPS) is 16.6. The van der Waals surface area contributed by atoms with Crippen LogP contribution >= 0.6 is 0 Å². The highest BCUT2D eigenvalue weighted by molar-refractivity contribution is 5.48. The third kappa shape index (κ3) is 3.93.